The molecule has 1 heterocycles. The first-order valence-electron chi connectivity index (χ1n) is 5.92. The van der Waals surface area contributed by atoms with Crippen molar-refractivity contribution < 1.29 is 9.13 Å². The Balaban J connectivity index is 2.09. The molecule has 0 saturated heterocycles. The van der Waals surface area contributed by atoms with Crippen LogP contribution < -0.4 is 5.32 Å². The number of rotatable bonds is 4. The molecule has 0 fully saturated rings. The van der Waals surface area contributed by atoms with Gasteiger partial charge in [0, 0.05) is 6.54 Å². The molecule has 1 aliphatic heterocycles. The summed E-state index contributed by atoms with van der Waals surface area (Å²) in [4.78, 5) is 0. The summed E-state index contributed by atoms with van der Waals surface area (Å²) in [6, 6.07) is 5.01. The summed E-state index contributed by atoms with van der Waals surface area (Å²) < 4.78 is 18.9. The Morgan fingerprint density at radius 3 is 3.19 bits per heavy atom. The SMILES string of the molecule is CCCNC[C@@H]1OCCc2ccc(F)cc21. The monoisotopic (exact) mass is 223 g/mol. The molecule has 0 saturated carbocycles. The van der Waals surface area contributed by atoms with Gasteiger partial charge in [0.1, 0.15) is 5.82 Å². The smallest absolute Gasteiger partial charge is 0.123 e. The van der Waals surface area contributed by atoms with Gasteiger partial charge in [-0.15, -0.1) is 0 Å². The Kier molecular flexibility index (Phi) is 3.91. The zero-order chi connectivity index (χ0) is 11.4. The fourth-order valence-electron chi connectivity index (χ4n) is 2.07. The van der Waals surface area contributed by atoms with Crippen LogP contribution in [0.15, 0.2) is 18.2 Å². The van der Waals surface area contributed by atoms with Crippen LogP contribution in [0, 0.1) is 5.82 Å². The Bertz CT molecular complexity index is 354. The van der Waals surface area contributed by atoms with Crippen molar-refractivity contribution in [3.05, 3.63) is 35.1 Å². The predicted octanol–water partition coefficient (Wildman–Crippen LogP) is 2.44. The van der Waals surface area contributed by atoms with Gasteiger partial charge < -0.3 is 10.1 Å². The first-order valence-corrected chi connectivity index (χ1v) is 5.92. The molecule has 0 unspecified atom stereocenters. The highest BCUT2D eigenvalue weighted by molar-refractivity contribution is 5.31. The quantitative estimate of drug-likeness (QED) is 0.792. The zero-order valence-corrected chi connectivity index (χ0v) is 9.63. The molecule has 1 atom stereocenters. The second kappa shape index (κ2) is 5.41. The number of benzene rings is 1. The third-order valence-corrected chi connectivity index (χ3v) is 2.90. The van der Waals surface area contributed by atoms with Crippen molar-refractivity contribution in [2.45, 2.75) is 25.9 Å². The normalized spacial score (nSPS) is 19.5. The lowest BCUT2D eigenvalue weighted by Crippen LogP contribution is -2.28. The number of halogens is 1. The summed E-state index contributed by atoms with van der Waals surface area (Å²) in [6.07, 6.45) is 1.99. The third kappa shape index (κ3) is 2.60. The van der Waals surface area contributed by atoms with Crippen LogP contribution in [0.1, 0.15) is 30.6 Å². The predicted molar refractivity (Wildman–Crippen MR) is 62.0 cm³/mol. The largest absolute Gasteiger partial charge is 0.372 e. The third-order valence-electron chi connectivity index (χ3n) is 2.90. The van der Waals surface area contributed by atoms with Crippen molar-refractivity contribution in [1.29, 1.82) is 0 Å². The molecule has 3 heteroatoms. The molecule has 88 valence electrons. The highest BCUT2D eigenvalue weighted by Gasteiger charge is 2.20. The molecule has 0 radical (unpaired) electrons. The molecule has 2 rings (SSSR count). The molecule has 0 aliphatic carbocycles. The summed E-state index contributed by atoms with van der Waals surface area (Å²) in [5, 5.41) is 3.32. The molecule has 2 nitrogen and oxygen atoms in total. The molecule has 1 N–H and O–H groups in total. The van der Waals surface area contributed by atoms with Gasteiger partial charge in [0.2, 0.25) is 0 Å². The van der Waals surface area contributed by atoms with Crippen LogP contribution in [0.25, 0.3) is 0 Å². The average Bonchev–Trinajstić information content (AvgIpc) is 2.30. The maximum atomic E-state index is 13.2. The van der Waals surface area contributed by atoms with Gasteiger partial charge in [0.15, 0.2) is 0 Å². The minimum absolute atomic E-state index is 0.00556. The lowest BCUT2D eigenvalue weighted by Gasteiger charge is -2.26. The summed E-state index contributed by atoms with van der Waals surface area (Å²) in [7, 11) is 0. The number of fused-ring (bicyclic) bond motifs is 1. The van der Waals surface area contributed by atoms with E-state index in [1.165, 1.54) is 11.6 Å². The number of hydrogen-bond acceptors (Lipinski definition) is 2. The van der Waals surface area contributed by atoms with Crippen molar-refractivity contribution in [2.75, 3.05) is 19.7 Å². The topological polar surface area (TPSA) is 21.3 Å². The summed E-state index contributed by atoms with van der Waals surface area (Å²) in [5.74, 6) is -0.176. The molecular formula is C13H18FNO. The van der Waals surface area contributed by atoms with E-state index >= 15 is 0 Å². The number of nitrogens with one attached hydrogen (secondary N) is 1. The second-order valence-electron chi connectivity index (χ2n) is 4.16. The van der Waals surface area contributed by atoms with E-state index in [0.29, 0.717) is 0 Å². The van der Waals surface area contributed by atoms with E-state index in [1.54, 1.807) is 6.07 Å². The minimum Gasteiger partial charge on any atom is -0.372 e. The van der Waals surface area contributed by atoms with Crippen molar-refractivity contribution in [2.24, 2.45) is 0 Å². The van der Waals surface area contributed by atoms with Gasteiger partial charge in [0.25, 0.3) is 0 Å². The molecule has 1 aliphatic rings. The highest BCUT2D eigenvalue weighted by atomic mass is 19.1. The molecule has 1 aromatic rings. The van der Waals surface area contributed by atoms with E-state index in [9.17, 15) is 4.39 Å². The maximum Gasteiger partial charge on any atom is 0.123 e. The van der Waals surface area contributed by atoms with E-state index in [-0.39, 0.29) is 11.9 Å². The molecule has 0 spiro atoms. The van der Waals surface area contributed by atoms with E-state index in [1.807, 2.05) is 6.07 Å². The lowest BCUT2D eigenvalue weighted by molar-refractivity contribution is 0.0424. The van der Waals surface area contributed by atoms with Crippen LogP contribution in [0.5, 0.6) is 0 Å². The molecule has 0 aromatic heterocycles. The Hall–Kier alpha value is -0.930. The Morgan fingerprint density at radius 1 is 1.50 bits per heavy atom. The van der Waals surface area contributed by atoms with Crippen LogP contribution in [0.3, 0.4) is 0 Å². The van der Waals surface area contributed by atoms with Crippen LogP contribution >= 0.6 is 0 Å². The second-order valence-corrected chi connectivity index (χ2v) is 4.16. The van der Waals surface area contributed by atoms with Gasteiger partial charge in [-0.1, -0.05) is 13.0 Å². The van der Waals surface area contributed by atoms with Crippen molar-refractivity contribution >= 4 is 0 Å². The number of ether oxygens (including phenoxy) is 1. The van der Waals surface area contributed by atoms with E-state index in [0.717, 1.165) is 38.1 Å². The van der Waals surface area contributed by atoms with Crippen molar-refractivity contribution in [3.8, 4) is 0 Å². The molecule has 1 aromatic carbocycles. The highest BCUT2D eigenvalue weighted by Crippen LogP contribution is 2.27. The fourth-order valence-corrected chi connectivity index (χ4v) is 2.07. The van der Waals surface area contributed by atoms with E-state index in [2.05, 4.69) is 12.2 Å². The first-order chi connectivity index (χ1) is 7.81. The van der Waals surface area contributed by atoms with Gasteiger partial charge in [0.05, 0.1) is 12.7 Å². The van der Waals surface area contributed by atoms with Crippen molar-refractivity contribution in [1.82, 2.24) is 5.32 Å². The summed E-state index contributed by atoms with van der Waals surface area (Å²) >= 11 is 0. The standard InChI is InChI=1S/C13H18FNO/c1-2-6-15-9-13-12-8-11(14)4-3-10(12)5-7-16-13/h3-4,8,13,15H,2,5-7,9H2,1H3/t13-/m0/s1. The van der Waals surface area contributed by atoms with Gasteiger partial charge in [-0.25, -0.2) is 4.39 Å². The molecular weight excluding hydrogens is 205 g/mol. The molecule has 16 heavy (non-hydrogen) atoms. The average molecular weight is 223 g/mol. The van der Waals surface area contributed by atoms with Crippen LogP contribution in [0.4, 0.5) is 4.39 Å². The van der Waals surface area contributed by atoms with Crippen LogP contribution in [0.2, 0.25) is 0 Å². The summed E-state index contributed by atoms with van der Waals surface area (Å²) in [6.45, 7) is 4.61. The Morgan fingerprint density at radius 2 is 2.38 bits per heavy atom. The van der Waals surface area contributed by atoms with Gasteiger partial charge in [-0.2, -0.15) is 0 Å². The molecule has 0 amide bonds. The van der Waals surface area contributed by atoms with Gasteiger partial charge in [-0.3, -0.25) is 0 Å². The maximum absolute atomic E-state index is 13.2. The summed E-state index contributed by atoms with van der Waals surface area (Å²) in [5.41, 5.74) is 2.23. The van der Waals surface area contributed by atoms with Crippen LogP contribution in [-0.4, -0.2) is 19.7 Å². The minimum atomic E-state index is -0.176. The Labute approximate surface area is 95.8 Å². The van der Waals surface area contributed by atoms with E-state index < -0.39 is 0 Å². The van der Waals surface area contributed by atoms with Gasteiger partial charge >= 0.3 is 0 Å². The first kappa shape index (κ1) is 11.6. The van der Waals surface area contributed by atoms with Gasteiger partial charge in [-0.05, 0) is 42.6 Å². The van der Waals surface area contributed by atoms with E-state index in [4.69, 9.17) is 4.74 Å². The lowest BCUT2D eigenvalue weighted by atomic mass is 9.97. The molecule has 0 bridgehead atoms. The number of hydrogen-bond donors (Lipinski definition) is 1. The fraction of sp³-hybridized carbons (Fsp3) is 0.538. The van der Waals surface area contributed by atoms with Crippen LogP contribution in [-0.2, 0) is 11.2 Å². The van der Waals surface area contributed by atoms with Crippen molar-refractivity contribution in [3.63, 3.8) is 0 Å². The zero-order valence-electron chi connectivity index (χ0n) is 9.63.